The van der Waals surface area contributed by atoms with E-state index >= 15 is 0 Å². The van der Waals surface area contributed by atoms with Gasteiger partial charge < -0.3 is 10.4 Å². The highest BCUT2D eigenvalue weighted by Crippen LogP contribution is 2.23. The van der Waals surface area contributed by atoms with Crippen LogP contribution in [0.1, 0.15) is 29.5 Å². The minimum Gasteiger partial charge on any atom is -0.389 e. The molecule has 0 aromatic heterocycles. The van der Waals surface area contributed by atoms with Gasteiger partial charge in [-0.25, -0.2) is 0 Å². The highest BCUT2D eigenvalue weighted by molar-refractivity contribution is 5.78. The van der Waals surface area contributed by atoms with Gasteiger partial charge in [-0.3, -0.25) is 9.69 Å². The summed E-state index contributed by atoms with van der Waals surface area (Å²) in [6.07, 6.45) is 1.22. The SMILES string of the molecule is O=C1CCC([C@@H](O)[C@H](Cc2ccccc2)N(Cc2ccccc2)Cc2ccccc2)N1. The molecule has 3 atom stereocenters. The van der Waals surface area contributed by atoms with Crippen LogP contribution in [0.3, 0.4) is 0 Å². The number of carbonyl (C=O) groups excluding carboxylic acids is 1. The summed E-state index contributed by atoms with van der Waals surface area (Å²) in [4.78, 5) is 14.2. The summed E-state index contributed by atoms with van der Waals surface area (Å²) in [6, 6.07) is 30.7. The van der Waals surface area contributed by atoms with E-state index in [1.54, 1.807) is 0 Å². The number of hydrogen-bond donors (Lipinski definition) is 2. The number of benzene rings is 3. The Kier molecular flexibility index (Phi) is 7.13. The number of nitrogens with zero attached hydrogens (tertiary/aromatic N) is 1. The van der Waals surface area contributed by atoms with Crippen LogP contribution in [-0.4, -0.2) is 34.1 Å². The van der Waals surface area contributed by atoms with Crippen molar-refractivity contribution >= 4 is 5.91 Å². The number of hydrogen-bond acceptors (Lipinski definition) is 3. The molecule has 1 aliphatic heterocycles. The van der Waals surface area contributed by atoms with E-state index in [9.17, 15) is 9.90 Å². The second-order valence-corrected chi connectivity index (χ2v) is 8.34. The maximum atomic E-state index is 11.9. The molecule has 1 fully saturated rings. The average Bonchev–Trinajstić information content (AvgIpc) is 3.25. The lowest BCUT2D eigenvalue weighted by atomic mass is 9.93. The van der Waals surface area contributed by atoms with Crippen LogP contribution in [0, 0.1) is 0 Å². The quantitative estimate of drug-likeness (QED) is 0.558. The van der Waals surface area contributed by atoms with Gasteiger partial charge in [-0.15, -0.1) is 0 Å². The summed E-state index contributed by atoms with van der Waals surface area (Å²) in [6.45, 7) is 1.45. The van der Waals surface area contributed by atoms with Crippen molar-refractivity contribution in [3.05, 3.63) is 108 Å². The molecule has 0 spiro atoms. The van der Waals surface area contributed by atoms with Gasteiger partial charge in [0, 0.05) is 25.6 Å². The van der Waals surface area contributed by atoms with Crippen LogP contribution in [-0.2, 0) is 24.3 Å². The van der Waals surface area contributed by atoms with Crippen molar-refractivity contribution in [1.29, 1.82) is 0 Å². The molecule has 4 heteroatoms. The molecule has 4 nitrogen and oxygen atoms in total. The first kappa shape index (κ1) is 21.3. The summed E-state index contributed by atoms with van der Waals surface area (Å²) < 4.78 is 0. The molecular weight excluding hydrogens is 384 g/mol. The first-order chi connectivity index (χ1) is 15.2. The van der Waals surface area contributed by atoms with Gasteiger partial charge in [0.2, 0.25) is 5.91 Å². The fraction of sp³-hybridized carbons (Fsp3) is 0.296. The number of nitrogens with one attached hydrogen (secondary N) is 1. The van der Waals surface area contributed by atoms with Gasteiger partial charge in [-0.05, 0) is 29.5 Å². The van der Waals surface area contributed by atoms with Gasteiger partial charge in [-0.2, -0.15) is 0 Å². The van der Waals surface area contributed by atoms with Crippen molar-refractivity contribution in [3.8, 4) is 0 Å². The van der Waals surface area contributed by atoms with Crippen molar-refractivity contribution in [2.45, 2.75) is 50.5 Å². The molecule has 0 radical (unpaired) electrons. The predicted octanol–water partition coefficient (Wildman–Crippen LogP) is 3.94. The van der Waals surface area contributed by atoms with Crippen LogP contribution in [0.15, 0.2) is 91.0 Å². The van der Waals surface area contributed by atoms with Crippen molar-refractivity contribution in [2.75, 3.05) is 0 Å². The first-order valence-electron chi connectivity index (χ1n) is 11.0. The van der Waals surface area contributed by atoms with E-state index in [-0.39, 0.29) is 18.0 Å². The molecule has 1 amide bonds. The van der Waals surface area contributed by atoms with E-state index < -0.39 is 6.10 Å². The Hall–Kier alpha value is -2.95. The van der Waals surface area contributed by atoms with E-state index in [0.717, 1.165) is 13.1 Å². The Morgan fingerprint density at radius 1 is 0.806 bits per heavy atom. The van der Waals surface area contributed by atoms with Crippen LogP contribution in [0.25, 0.3) is 0 Å². The number of aliphatic hydroxyl groups excluding tert-OH is 1. The van der Waals surface area contributed by atoms with Gasteiger partial charge in [0.25, 0.3) is 0 Å². The molecule has 0 aliphatic carbocycles. The van der Waals surface area contributed by atoms with E-state index in [4.69, 9.17) is 0 Å². The molecule has 31 heavy (non-hydrogen) atoms. The fourth-order valence-corrected chi connectivity index (χ4v) is 4.41. The van der Waals surface area contributed by atoms with Crippen molar-refractivity contribution < 1.29 is 9.90 Å². The molecule has 1 aliphatic rings. The number of rotatable bonds is 9. The third kappa shape index (κ3) is 5.81. The largest absolute Gasteiger partial charge is 0.389 e. The van der Waals surface area contributed by atoms with Crippen molar-refractivity contribution in [3.63, 3.8) is 0 Å². The van der Waals surface area contributed by atoms with E-state index in [0.29, 0.717) is 19.3 Å². The zero-order chi connectivity index (χ0) is 21.5. The van der Waals surface area contributed by atoms with E-state index in [2.05, 4.69) is 70.9 Å². The van der Waals surface area contributed by atoms with Gasteiger partial charge in [0.15, 0.2) is 0 Å². The molecule has 0 saturated carbocycles. The third-order valence-electron chi connectivity index (χ3n) is 6.05. The van der Waals surface area contributed by atoms with E-state index in [1.165, 1.54) is 16.7 Å². The Morgan fingerprint density at radius 2 is 1.29 bits per heavy atom. The smallest absolute Gasteiger partial charge is 0.220 e. The lowest BCUT2D eigenvalue weighted by Crippen LogP contribution is -2.52. The third-order valence-corrected chi connectivity index (χ3v) is 6.05. The Labute approximate surface area is 184 Å². The lowest BCUT2D eigenvalue weighted by molar-refractivity contribution is -0.119. The molecule has 1 unspecified atom stereocenters. The van der Waals surface area contributed by atoms with Crippen LogP contribution < -0.4 is 5.32 Å². The lowest BCUT2D eigenvalue weighted by Gasteiger charge is -2.37. The summed E-state index contributed by atoms with van der Waals surface area (Å²) in [5.74, 6) is 0.0279. The summed E-state index contributed by atoms with van der Waals surface area (Å²) in [5, 5.41) is 14.4. The minimum absolute atomic E-state index is 0.0279. The van der Waals surface area contributed by atoms with Gasteiger partial charge >= 0.3 is 0 Å². The van der Waals surface area contributed by atoms with Crippen LogP contribution in [0.4, 0.5) is 0 Å². The molecule has 0 bridgehead atoms. The monoisotopic (exact) mass is 414 g/mol. The van der Waals surface area contributed by atoms with Gasteiger partial charge in [-0.1, -0.05) is 91.0 Å². The molecule has 3 aromatic rings. The second-order valence-electron chi connectivity index (χ2n) is 8.34. The highest BCUT2D eigenvalue weighted by Gasteiger charge is 2.36. The number of aliphatic hydroxyl groups is 1. The maximum Gasteiger partial charge on any atom is 0.220 e. The average molecular weight is 415 g/mol. The minimum atomic E-state index is -0.654. The Bertz CT molecular complexity index is 905. The molecule has 1 saturated heterocycles. The summed E-state index contributed by atoms with van der Waals surface area (Å²) >= 11 is 0. The van der Waals surface area contributed by atoms with Crippen LogP contribution in [0.2, 0.25) is 0 Å². The highest BCUT2D eigenvalue weighted by atomic mass is 16.3. The van der Waals surface area contributed by atoms with Crippen LogP contribution in [0.5, 0.6) is 0 Å². The molecule has 4 rings (SSSR count). The molecule has 3 aromatic carbocycles. The normalized spacial score (nSPS) is 18.0. The van der Waals surface area contributed by atoms with Crippen LogP contribution >= 0.6 is 0 Å². The summed E-state index contributed by atoms with van der Waals surface area (Å²) in [5.41, 5.74) is 3.60. The molecule has 160 valence electrons. The second kappa shape index (κ2) is 10.4. The Balaban J connectivity index is 1.65. The maximum absolute atomic E-state index is 11.9. The van der Waals surface area contributed by atoms with Gasteiger partial charge in [0.1, 0.15) is 0 Å². The standard InChI is InChI=1S/C27H30N2O2/c30-26-17-16-24(28-26)27(31)25(18-21-10-4-1-5-11-21)29(19-22-12-6-2-7-13-22)20-23-14-8-3-9-15-23/h1-15,24-25,27,31H,16-20H2,(H,28,30)/t24?,25-,27+/m0/s1. The molecule has 1 heterocycles. The molecule has 2 N–H and O–H groups in total. The van der Waals surface area contributed by atoms with Gasteiger partial charge in [0.05, 0.1) is 12.1 Å². The summed E-state index contributed by atoms with van der Waals surface area (Å²) in [7, 11) is 0. The van der Waals surface area contributed by atoms with Crippen molar-refractivity contribution in [1.82, 2.24) is 10.2 Å². The zero-order valence-corrected chi connectivity index (χ0v) is 17.7. The number of carbonyl (C=O) groups is 1. The first-order valence-corrected chi connectivity index (χ1v) is 11.0. The predicted molar refractivity (Wildman–Crippen MR) is 123 cm³/mol. The van der Waals surface area contributed by atoms with E-state index in [1.807, 2.05) is 30.3 Å². The van der Waals surface area contributed by atoms with Crippen molar-refractivity contribution in [2.24, 2.45) is 0 Å². The fourth-order valence-electron chi connectivity index (χ4n) is 4.41. The number of amides is 1. The molecular formula is C27H30N2O2. The topological polar surface area (TPSA) is 52.6 Å². The zero-order valence-electron chi connectivity index (χ0n) is 17.7. The Morgan fingerprint density at radius 3 is 1.74 bits per heavy atom.